The SMILES string of the molecule is COc1ccccc1Nc1nc(N)nc(CSc2cc(C)ccc2C)n1. The second kappa shape index (κ2) is 8.05. The first-order valence-corrected chi connectivity index (χ1v) is 9.14. The van der Waals surface area contributed by atoms with Crippen LogP contribution >= 0.6 is 11.8 Å². The van der Waals surface area contributed by atoms with Crippen LogP contribution in [0.3, 0.4) is 0 Å². The molecule has 0 saturated carbocycles. The molecule has 0 aliphatic carbocycles. The number of aromatic nitrogens is 3. The van der Waals surface area contributed by atoms with Gasteiger partial charge in [-0.15, -0.1) is 11.8 Å². The number of hydrogen-bond acceptors (Lipinski definition) is 7. The van der Waals surface area contributed by atoms with Crippen molar-refractivity contribution in [3.8, 4) is 5.75 Å². The Balaban J connectivity index is 1.78. The minimum absolute atomic E-state index is 0.189. The fourth-order valence-corrected chi connectivity index (χ4v) is 3.41. The highest BCUT2D eigenvalue weighted by molar-refractivity contribution is 7.98. The minimum atomic E-state index is 0.189. The molecule has 7 heteroatoms. The lowest BCUT2D eigenvalue weighted by molar-refractivity contribution is 0.417. The van der Waals surface area contributed by atoms with Gasteiger partial charge in [0, 0.05) is 4.90 Å². The predicted molar refractivity (Wildman–Crippen MR) is 106 cm³/mol. The Bertz CT molecular complexity index is 916. The number of aryl methyl sites for hydroxylation is 2. The van der Waals surface area contributed by atoms with Crippen LogP contribution in [0.1, 0.15) is 17.0 Å². The summed E-state index contributed by atoms with van der Waals surface area (Å²) in [7, 11) is 1.62. The van der Waals surface area contributed by atoms with E-state index in [1.54, 1.807) is 18.9 Å². The normalized spacial score (nSPS) is 10.6. The van der Waals surface area contributed by atoms with Crippen molar-refractivity contribution in [1.29, 1.82) is 0 Å². The van der Waals surface area contributed by atoms with Gasteiger partial charge in [0.25, 0.3) is 0 Å². The summed E-state index contributed by atoms with van der Waals surface area (Å²) in [4.78, 5) is 14.1. The molecule has 1 heterocycles. The van der Waals surface area contributed by atoms with Crippen LogP contribution in [0.15, 0.2) is 47.4 Å². The van der Waals surface area contributed by atoms with Gasteiger partial charge in [-0.2, -0.15) is 15.0 Å². The van der Waals surface area contributed by atoms with E-state index in [1.165, 1.54) is 16.0 Å². The van der Waals surface area contributed by atoms with E-state index in [4.69, 9.17) is 10.5 Å². The molecule has 26 heavy (non-hydrogen) atoms. The van der Waals surface area contributed by atoms with Crippen LogP contribution in [0.5, 0.6) is 5.75 Å². The molecule has 2 aromatic carbocycles. The number of para-hydroxylation sites is 2. The quantitative estimate of drug-likeness (QED) is 0.634. The highest BCUT2D eigenvalue weighted by Gasteiger charge is 2.09. The van der Waals surface area contributed by atoms with Crippen molar-refractivity contribution in [2.75, 3.05) is 18.2 Å². The lowest BCUT2D eigenvalue weighted by Gasteiger charge is -2.11. The van der Waals surface area contributed by atoms with Gasteiger partial charge in [-0.1, -0.05) is 29.8 Å². The summed E-state index contributed by atoms with van der Waals surface area (Å²) in [5, 5.41) is 3.15. The Labute approximate surface area is 157 Å². The van der Waals surface area contributed by atoms with Gasteiger partial charge < -0.3 is 15.8 Å². The zero-order chi connectivity index (χ0) is 18.5. The average molecular weight is 367 g/mol. The van der Waals surface area contributed by atoms with Crippen molar-refractivity contribution in [2.45, 2.75) is 24.5 Å². The van der Waals surface area contributed by atoms with Gasteiger partial charge in [0.15, 0.2) is 0 Å². The first kappa shape index (κ1) is 18.0. The number of rotatable bonds is 6. The molecule has 0 unspecified atom stereocenters. The van der Waals surface area contributed by atoms with Crippen LogP contribution in [-0.4, -0.2) is 22.1 Å². The zero-order valence-electron chi connectivity index (χ0n) is 15.0. The first-order chi connectivity index (χ1) is 12.5. The number of ether oxygens (including phenoxy) is 1. The van der Waals surface area contributed by atoms with Crippen molar-refractivity contribution in [3.63, 3.8) is 0 Å². The van der Waals surface area contributed by atoms with Crippen molar-refractivity contribution >= 4 is 29.3 Å². The molecular formula is C19H21N5OS. The molecule has 0 amide bonds. The smallest absolute Gasteiger partial charge is 0.232 e. The zero-order valence-corrected chi connectivity index (χ0v) is 15.8. The van der Waals surface area contributed by atoms with Gasteiger partial charge >= 0.3 is 0 Å². The van der Waals surface area contributed by atoms with Gasteiger partial charge in [-0.3, -0.25) is 0 Å². The fraction of sp³-hybridized carbons (Fsp3) is 0.211. The topological polar surface area (TPSA) is 86.0 Å². The summed E-state index contributed by atoms with van der Waals surface area (Å²) in [6, 6.07) is 14.0. The van der Waals surface area contributed by atoms with Gasteiger partial charge in [-0.25, -0.2) is 0 Å². The van der Waals surface area contributed by atoms with E-state index in [-0.39, 0.29) is 5.95 Å². The number of nitrogens with two attached hydrogens (primary N) is 1. The Hall–Kier alpha value is -2.80. The van der Waals surface area contributed by atoms with E-state index in [0.29, 0.717) is 23.3 Å². The number of thioether (sulfide) groups is 1. The molecule has 0 atom stereocenters. The second-order valence-corrected chi connectivity index (χ2v) is 6.83. The van der Waals surface area contributed by atoms with Crippen LogP contribution in [0.2, 0.25) is 0 Å². The van der Waals surface area contributed by atoms with Gasteiger partial charge in [-0.05, 0) is 37.6 Å². The molecule has 3 N–H and O–H groups in total. The standard InChI is InChI=1S/C19H21N5OS/c1-12-8-9-13(2)16(10-12)26-11-17-22-18(20)24-19(23-17)21-14-6-4-5-7-15(14)25-3/h4-10H,11H2,1-3H3,(H3,20,21,22,23,24). The van der Waals surface area contributed by atoms with Crippen LogP contribution < -0.4 is 15.8 Å². The number of benzene rings is 2. The molecule has 0 saturated heterocycles. The number of methoxy groups -OCH3 is 1. The van der Waals surface area contributed by atoms with Crippen molar-refractivity contribution in [1.82, 2.24) is 15.0 Å². The predicted octanol–water partition coefficient (Wildman–Crippen LogP) is 4.12. The maximum atomic E-state index is 5.86. The molecule has 0 spiro atoms. The van der Waals surface area contributed by atoms with Gasteiger partial charge in [0.05, 0.1) is 18.6 Å². The van der Waals surface area contributed by atoms with E-state index in [9.17, 15) is 0 Å². The number of anilines is 3. The molecule has 134 valence electrons. The summed E-state index contributed by atoms with van der Waals surface area (Å²) >= 11 is 1.68. The van der Waals surface area contributed by atoms with Crippen LogP contribution in [0.4, 0.5) is 17.6 Å². The second-order valence-electron chi connectivity index (χ2n) is 5.82. The molecule has 0 bridgehead atoms. The number of nitrogen functional groups attached to an aromatic ring is 1. The third-order valence-electron chi connectivity index (χ3n) is 3.75. The number of nitrogens with zero attached hydrogens (tertiary/aromatic N) is 3. The molecule has 1 aromatic heterocycles. The lowest BCUT2D eigenvalue weighted by atomic mass is 10.2. The van der Waals surface area contributed by atoms with Crippen LogP contribution in [0.25, 0.3) is 0 Å². The van der Waals surface area contributed by atoms with Crippen molar-refractivity contribution < 1.29 is 4.74 Å². The van der Waals surface area contributed by atoms with E-state index in [1.807, 2.05) is 24.3 Å². The molecule has 0 fully saturated rings. The van der Waals surface area contributed by atoms with E-state index < -0.39 is 0 Å². The molecule has 6 nitrogen and oxygen atoms in total. The fourth-order valence-electron chi connectivity index (χ4n) is 2.43. The summed E-state index contributed by atoms with van der Waals surface area (Å²) in [6.45, 7) is 4.18. The van der Waals surface area contributed by atoms with Gasteiger partial charge in [0.2, 0.25) is 11.9 Å². The minimum Gasteiger partial charge on any atom is -0.495 e. The van der Waals surface area contributed by atoms with E-state index in [2.05, 4.69) is 52.3 Å². The van der Waals surface area contributed by atoms with E-state index >= 15 is 0 Å². The third-order valence-corrected chi connectivity index (χ3v) is 4.91. The summed E-state index contributed by atoms with van der Waals surface area (Å²) < 4.78 is 5.34. The number of nitrogens with one attached hydrogen (secondary N) is 1. The average Bonchev–Trinajstić information content (AvgIpc) is 2.62. The Morgan fingerprint density at radius 2 is 1.88 bits per heavy atom. The Morgan fingerprint density at radius 1 is 1.08 bits per heavy atom. The molecule has 3 aromatic rings. The first-order valence-electron chi connectivity index (χ1n) is 8.15. The third kappa shape index (κ3) is 4.43. The van der Waals surface area contributed by atoms with E-state index in [0.717, 1.165) is 5.69 Å². The molecular weight excluding hydrogens is 346 g/mol. The lowest BCUT2D eigenvalue weighted by Crippen LogP contribution is -2.07. The Morgan fingerprint density at radius 3 is 2.69 bits per heavy atom. The largest absolute Gasteiger partial charge is 0.495 e. The van der Waals surface area contributed by atoms with Crippen molar-refractivity contribution in [2.24, 2.45) is 0 Å². The maximum absolute atomic E-state index is 5.86. The van der Waals surface area contributed by atoms with Crippen molar-refractivity contribution in [3.05, 3.63) is 59.4 Å². The molecule has 0 aliphatic rings. The maximum Gasteiger partial charge on any atom is 0.232 e. The number of hydrogen-bond donors (Lipinski definition) is 2. The summed E-state index contributed by atoms with van der Waals surface area (Å²) in [6.07, 6.45) is 0. The monoisotopic (exact) mass is 367 g/mol. The molecule has 0 radical (unpaired) electrons. The summed E-state index contributed by atoms with van der Waals surface area (Å²) in [5.74, 6) is 2.53. The molecule has 0 aliphatic heterocycles. The van der Waals surface area contributed by atoms with Crippen LogP contribution in [0, 0.1) is 13.8 Å². The highest BCUT2D eigenvalue weighted by Crippen LogP contribution is 2.28. The Kier molecular flexibility index (Phi) is 5.58. The van der Waals surface area contributed by atoms with Crippen LogP contribution in [-0.2, 0) is 5.75 Å². The van der Waals surface area contributed by atoms with Gasteiger partial charge in [0.1, 0.15) is 11.6 Å². The molecule has 3 rings (SSSR count). The summed E-state index contributed by atoms with van der Waals surface area (Å²) in [5.41, 5.74) is 9.10. The highest BCUT2D eigenvalue weighted by atomic mass is 32.2.